The zero-order valence-corrected chi connectivity index (χ0v) is 10.5. The van der Waals surface area contributed by atoms with Crippen LogP contribution in [0.25, 0.3) is 11.0 Å². The quantitative estimate of drug-likeness (QED) is 0.769. The summed E-state index contributed by atoms with van der Waals surface area (Å²) in [6.07, 6.45) is 2.40. The van der Waals surface area contributed by atoms with E-state index >= 15 is 0 Å². The second kappa shape index (κ2) is 4.30. The number of aromatic nitrogens is 2. The van der Waals surface area contributed by atoms with Gasteiger partial charge in [-0.25, -0.2) is 4.98 Å². The molecule has 0 atom stereocenters. The third-order valence-electron chi connectivity index (χ3n) is 3.11. The van der Waals surface area contributed by atoms with E-state index in [0.717, 1.165) is 5.52 Å². The molecule has 1 aliphatic heterocycles. The fraction of sp³-hybridized carbons (Fsp3) is 0.417. The van der Waals surface area contributed by atoms with Crippen molar-refractivity contribution in [1.29, 1.82) is 0 Å². The van der Waals surface area contributed by atoms with Crippen molar-refractivity contribution >= 4 is 34.4 Å². The average Bonchev–Trinajstić information content (AvgIpc) is 2.66. The second-order valence-corrected chi connectivity index (χ2v) is 5.65. The van der Waals surface area contributed by atoms with Crippen LogP contribution in [0.15, 0.2) is 24.3 Å². The molecule has 84 valence electrons. The van der Waals surface area contributed by atoms with Gasteiger partial charge >= 0.3 is 0 Å². The molecule has 0 radical (unpaired) electrons. The van der Waals surface area contributed by atoms with Crippen molar-refractivity contribution in [3.05, 3.63) is 29.5 Å². The first-order chi connectivity index (χ1) is 7.86. The minimum Gasteiger partial charge on any atom is -0.311 e. The van der Waals surface area contributed by atoms with Crippen molar-refractivity contribution in [3.8, 4) is 0 Å². The van der Waals surface area contributed by atoms with E-state index in [1.807, 2.05) is 23.9 Å². The van der Waals surface area contributed by atoms with E-state index in [-0.39, 0.29) is 0 Å². The number of imidazole rings is 1. The zero-order valence-electron chi connectivity index (χ0n) is 8.90. The molecule has 0 aliphatic carbocycles. The molecule has 2 nitrogen and oxygen atoms in total. The maximum atomic E-state index is 6.25. The van der Waals surface area contributed by atoms with Gasteiger partial charge in [-0.2, -0.15) is 11.8 Å². The van der Waals surface area contributed by atoms with Crippen molar-refractivity contribution < 1.29 is 0 Å². The minimum atomic E-state index is 0.529. The molecule has 0 spiro atoms. The van der Waals surface area contributed by atoms with Crippen LogP contribution in [0, 0.1) is 0 Å². The zero-order chi connectivity index (χ0) is 11.0. The summed E-state index contributed by atoms with van der Waals surface area (Å²) in [6.45, 7) is 0. The van der Waals surface area contributed by atoms with Crippen molar-refractivity contribution in [3.63, 3.8) is 0 Å². The topological polar surface area (TPSA) is 17.8 Å². The Labute approximate surface area is 104 Å². The highest BCUT2D eigenvalue weighted by Gasteiger charge is 2.20. The summed E-state index contributed by atoms with van der Waals surface area (Å²) in [5.41, 5.74) is 2.18. The highest BCUT2D eigenvalue weighted by molar-refractivity contribution is 7.99. The molecule has 0 amide bonds. The number of hydrogen-bond donors (Lipinski definition) is 0. The largest absolute Gasteiger partial charge is 0.311 e. The Morgan fingerprint density at radius 3 is 2.81 bits per heavy atom. The van der Waals surface area contributed by atoms with Crippen molar-refractivity contribution in [2.45, 2.75) is 18.9 Å². The molecule has 16 heavy (non-hydrogen) atoms. The molecular weight excluding hydrogens is 240 g/mol. The van der Waals surface area contributed by atoms with Crippen molar-refractivity contribution in [1.82, 2.24) is 9.55 Å². The maximum absolute atomic E-state index is 6.25. The van der Waals surface area contributed by atoms with E-state index in [2.05, 4.69) is 21.7 Å². The summed E-state index contributed by atoms with van der Waals surface area (Å²) in [5.74, 6) is 2.46. The third-order valence-corrected chi connectivity index (χ3v) is 4.42. The number of fused-ring (bicyclic) bond motifs is 1. The molecule has 1 saturated heterocycles. The van der Waals surface area contributed by atoms with Crippen LogP contribution in [0.3, 0.4) is 0 Å². The Morgan fingerprint density at radius 2 is 2.00 bits per heavy atom. The van der Waals surface area contributed by atoms with Crippen molar-refractivity contribution in [2.24, 2.45) is 0 Å². The molecule has 1 aromatic heterocycles. The van der Waals surface area contributed by atoms with Gasteiger partial charge in [0.1, 0.15) is 0 Å². The molecule has 0 bridgehead atoms. The second-order valence-electron chi connectivity index (χ2n) is 4.08. The molecule has 4 heteroatoms. The lowest BCUT2D eigenvalue weighted by Crippen LogP contribution is -2.15. The van der Waals surface area contributed by atoms with Gasteiger partial charge in [0, 0.05) is 6.04 Å². The number of rotatable bonds is 1. The van der Waals surface area contributed by atoms with Crippen LogP contribution in [0.2, 0.25) is 5.28 Å². The van der Waals surface area contributed by atoms with Crippen LogP contribution in [-0.2, 0) is 0 Å². The Balaban J connectivity index is 2.10. The molecule has 1 fully saturated rings. The summed E-state index contributed by atoms with van der Waals surface area (Å²) in [7, 11) is 0. The number of para-hydroxylation sites is 2. The molecule has 0 saturated carbocycles. The first-order valence-corrected chi connectivity index (χ1v) is 7.10. The van der Waals surface area contributed by atoms with Crippen LogP contribution in [0.1, 0.15) is 18.9 Å². The van der Waals surface area contributed by atoms with E-state index in [0.29, 0.717) is 11.3 Å². The lowest BCUT2D eigenvalue weighted by Gasteiger charge is -2.24. The van der Waals surface area contributed by atoms with E-state index in [9.17, 15) is 0 Å². The molecule has 3 rings (SSSR count). The van der Waals surface area contributed by atoms with Crippen LogP contribution in [-0.4, -0.2) is 21.1 Å². The average molecular weight is 253 g/mol. The van der Waals surface area contributed by atoms with E-state index in [1.165, 1.54) is 29.9 Å². The first kappa shape index (κ1) is 10.5. The summed E-state index contributed by atoms with van der Waals surface area (Å²) >= 11 is 8.28. The number of thioether (sulfide) groups is 1. The Hall–Kier alpha value is -0.670. The smallest absolute Gasteiger partial charge is 0.204 e. The summed E-state index contributed by atoms with van der Waals surface area (Å²) in [5, 5.41) is 0.637. The van der Waals surface area contributed by atoms with E-state index in [1.54, 1.807) is 0 Å². The first-order valence-electron chi connectivity index (χ1n) is 5.56. The maximum Gasteiger partial charge on any atom is 0.204 e. The van der Waals surface area contributed by atoms with Gasteiger partial charge in [-0.15, -0.1) is 0 Å². The SMILES string of the molecule is Clc1nc2ccccc2n1C1CCSCC1. The highest BCUT2D eigenvalue weighted by Crippen LogP contribution is 2.32. The van der Waals surface area contributed by atoms with E-state index < -0.39 is 0 Å². The summed E-state index contributed by atoms with van der Waals surface area (Å²) in [6, 6.07) is 8.72. The Kier molecular flexibility index (Phi) is 2.82. The highest BCUT2D eigenvalue weighted by atomic mass is 35.5. The van der Waals surface area contributed by atoms with Gasteiger partial charge < -0.3 is 4.57 Å². The number of halogens is 1. The lowest BCUT2D eigenvalue weighted by molar-refractivity contribution is 0.481. The molecule has 1 aliphatic rings. The standard InChI is InChI=1S/C12H13ClN2S/c13-12-14-10-3-1-2-4-11(10)15(12)9-5-7-16-8-6-9/h1-4,9H,5-8H2. The van der Waals surface area contributed by atoms with Gasteiger partial charge in [0.15, 0.2) is 0 Å². The van der Waals surface area contributed by atoms with Crippen LogP contribution in [0.4, 0.5) is 0 Å². The lowest BCUT2D eigenvalue weighted by atomic mass is 10.1. The van der Waals surface area contributed by atoms with Gasteiger partial charge in [0.05, 0.1) is 11.0 Å². The van der Waals surface area contributed by atoms with Gasteiger partial charge in [-0.05, 0) is 48.1 Å². The third kappa shape index (κ3) is 1.72. The molecule has 2 heterocycles. The van der Waals surface area contributed by atoms with Crippen LogP contribution < -0.4 is 0 Å². The predicted octanol–water partition coefficient (Wildman–Crippen LogP) is 3.76. The number of benzene rings is 1. The van der Waals surface area contributed by atoms with Crippen molar-refractivity contribution in [2.75, 3.05) is 11.5 Å². The van der Waals surface area contributed by atoms with Crippen LogP contribution in [0.5, 0.6) is 0 Å². The molecule has 0 unspecified atom stereocenters. The molecule has 0 N–H and O–H groups in total. The predicted molar refractivity (Wildman–Crippen MR) is 70.3 cm³/mol. The minimum absolute atomic E-state index is 0.529. The Morgan fingerprint density at radius 1 is 1.25 bits per heavy atom. The van der Waals surface area contributed by atoms with Gasteiger partial charge in [-0.1, -0.05) is 12.1 Å². The monoisotopic (exact) mass is 252 g/mol. The molecule has 2 aromatic rings. The van der Waals surface area contributed by atoms with Gasteiger partial charge in [-0.3, -0.25) is 0 Å². The Bertz CT molecular complexity index is 503. The fourth-order valence-corrected chi connectivity index (χ4v) is 3.71. The normalized spacial score (nSPS) is 18.1. The number of hydrogen-bond acceptors (Lipinski definition) is 2. The number of nitrogens with zero attached hydrogens (tertiary/aromatic N) is 2. The van der Waals surface area contributed by atoms with Gasteiger partial charge in [0.2, 0.25) is 5.28 Å². The van der Waals surface area contributed by atoms with E-state index in [4.69, 9.17) is 11.6 Å². The molecular formula is C12H13ClN2S. The molecule has 1 aromatic carbocycles. The summed E-state index contributed by atoms with van der Waals surface area (Å²) < 4.78 is 2.20. The van der Waals surface area contributed by atoms with Crippen LogP contribution >= 0.6 is 23.4 Å². The summed E-state index contributed by atoms with van der Waals surface area (Å²) in [4.78, 5) is 4.41. The fourth-order valence-electron chi connectivity index (χ4n) is 2.31. The van der Waals surface area contributed by atoms with Gasteiger partial charge in [0.25, 0.3) is 0 Å².